The van der Waals surface area contributed by atoms with E-state index < -0.39 is 0 Å². The lowest BCUT2D eigenvalue weighted by molar-refractivity contribution is 0.918. The van der Waals surface area contributed by atoms with E-state index in [-0.39, 0.29) is 6.04 Å². The van der Waals surface area contributed by atoms with Crippen molar-refractivity contribution in [3.63, 3.8) is 0 Å². The third-order valence-electron chi connectivity index (χ3n) is 1.66. The zero-order chi connectivity index (χ0) is 9.14. The molecule has 4 N–H and O–H groups in total. The number of anilines is 1. The van der Waals surface area contributed by atoms with Gasteiger partial charge in [-0.15, -0.1) is 6.58 Å². The standard InChI is InChI=1S/C9H11ClN2/c1-2-8(11)7-5-6(10)3-4-9(7)12/h2-5,8H,1,11-12H2/t8-/m0/s1. The van der Waals surface area contributed by atoms with Gasteiger partial charge in [0.25, 0.3) is 0 Å². The second-order valence-electron chi connectivity index (χ2n) is 2.53. The molecule has 0 fully saturated rings. The molecule has 0 bridgehead atoms. The van der Waals surface area contributed by atoms with Crippen LogP contribution in [-0.4, -0.2) is 0 Å². The van der Waals surface area contributed by atoms with Crippen LogP contribution in [0.25, 0.3) is 0 Å². The summed E-state index contributed by atoms with van der Waals surface area (Å²) in [6.07, 6.45) is 1.63. The van der Waals surface area contributed by atoms with E-state index >= 15 is 0 Å². The predicted molar refractivity (Wildman–Crippen MR) is 53.0 cm³/mol. The Balaban J connectivity index is 3.12. The lowest BCUT2D eigenvalue weighted by Crippen LogP contribution is -2.09. The molecule has 0 spiro atoms. The highest BCUT2D eigenvalue weighted by Gasteiger charge is 2.05. The molecule has 1 atom stereocenters. The molecule has 12 heavy (non-hydrogen) atoms. The van der Waals surface area contributed by atoms with Gasteiger partial charge < -0.3 is 11.5 Å². The molecule has 0 aliphatic heterocycles. The largest absolute Gasteiger partial charge is 0.398 e. The van der Waals surface area contributed by atoms with Crippen LogP contribution in [0.1, 0.15) is 11.6 Å². The van der Waals surface area contributed by atoms with Crippen LogP contribution in [0.4, 0.5) is 5.69 Å². The third kappa shape index (κ3) is 1.78. The Morgan fingerprint density at radius 1 is 1.50 bits per heavy atom. The molecule has 0 unspecified atom stereocenters. The third-order valence-corrected chi connectivity index (χ3v) is 1.90. The predicted octanol–water partition coefficient (Wildman–Crippen LogP) is 2.11. The van der Waals surface area contributed by atoms with Crippen molar-refractivity contribution in [1.82, 2.24) is 0 Å². The van der Waals surface area contributed by atoms with Gasteiger partial charge in [0.05, 0.1) is 0 Å². The maximum atomic E-state index is 5.77. The average molecular weight is 183 g/mol. The minimum Gasteiger partial charge on any atom is -0.398 e. The Kier molecular flexibility index (Phi) is 2.74. The van der Waals surface area contributed by atoms with Crippen LogP contribution < -0.4 is 11.5 Å². The first-order valence-corrected chi connectivity index (χ1v) is 3.96. The summed E-state index contributed by atoms with van der Waals surface area (Å²) >= 11 is 5.77. The van der Waals surface area contributed by atoms with Crippen LogP contribution in [0.3, 0.4) is 0 Å². The molecule has 0 aromatic heterocycles. The second-order valence-corrected chi connectivity index (χ2v) is 2.97. The van der Waals surface area contributed by atoms with Gasteiger partial charge in [-0.3, -0.25) is 0 Å². The summed E-state index contributed by atoms with van der Waals surface area (Å²) in [5.74, 6) is 0. The zero-order valence-electron chi connectivity index (χ0n) is 6.63. The van der Waals surface area contributed by atoms with Crippen LogP contribution >= 0.6 is 11.6 Å². The lowest BCUT2D eigenvalue weighted by Gasteiger charge is -2.09. The minimum atomic E-state index is -0.247. The summed E-state index contributed by atoms with van der Waals surface area (Å²) in [7, 11) is 0. The van der Waals surface area contributed by atoms with Crippen molar-refractivity contribution in [1.29, 1.82) is 0 Å². The highest BCUT2D eigenvalue weighted by molar-refractivity contribution is 6.30. The summed E-state index contributed by atoms with van der Waals surface area (Å²) in [5.41, 5.74) is 12.8. The van der Waals surface area contributed by atoms with Crippen LogP contribution in [0.2, 0.25) is 5.02 Å². The number of nitrogens with two attached hydrogens (primary N) is 2. The van der Waals surface area contributed by atoms with Crippen LogP contribution in [0.5, 0.6) is 0 Å². The Morgan fingerprint density at radius 3 is 2.75 bits per heavy atom. The molecule has 0 amide bonds. The number of hydrogen-bond acceptors (Lipinski definition) is 2. The summed E-state index contributed by atoms with van der Waals surface area (Å²) in [6.45, 7) is 3.58. The fourth-order valence-corrected chi connectivity index (χ4v) is 1.14. The molecule has 0 saturated heterocycles. The van der Waals surface area contributed by atoms with E-state index in [0.717, 1.165) is 5.56 Å². The van der Waals surface area contributed by atoms with Crippen molar-refractivity contribution in [2.24, 2.45) is 5.73 Å². The molecular formula is C9H11ClN2. The van der Waals surface area contributed by atoms with Gasteiger partial charge in [-0.1, -0.05) is 17.7 Å². The van der Waals surface area contributed by atoms with Crippen molar-refractivity contribution in [2.75, 3.05) is 5.73 Å². The van der Waals surface area contributed by atoms with Crippen molar-refractivity contribution < 1.29 is 0 Å². The van der Waals surface area contributed by atoms with E-state index in [9.17, 15) is 0 Å². The Labute approximate surface area is 76.8 Å². The summed E-state index contributed by atoms with van der Waals surface area (Å²) in [5, 5.41) is 0.636. The van der Waals surface area contributed by atoms with E-state index in [4.69, 9.17) is 23.1 Å². The van der Waals surface area contributed by atoms with Crippen LogP contribution in [0.15, 0.2) is 30.9 Å². The van der Waals surface area contributed by atoms with Gasteiger partial charge in [-0.2, -0.15) is 0 Å². The molecule has 0 saturated carbocycles. The normalized spacial score (nSPS) is 12.5. The van der Waals surface area contributed by atoms with E-state index in [0.29, 0.717) is 10.7 Å². The maximum absolute atomic E-state index is 5.77. The number of rotatable bonds is 2. The summed E-state index contributed by atoms with van der Waals surface area (Å²) in [6, 6.07) is 4.98. The molecule has 1 aromatic carbocycles. The van der Waals surface area contributed by atoms with Crippen molar-refractivity contribution >= 4 is 17.3 Å². The van der Waals surface area contributed by atoms with E-state index in [1.807, 2.05) is 0 Å². The van der Waals surface area contributed by atoms with Crippen molar-refractivity contribution in [3.05, 3.63) is 41.4 Å². The number of nitrogen functional groups attached to an aromatic ring is 1. The second kappa shape index (κ2) is 3.61. The Bertz CT molecular complexity index is 297. The van der Waals surface area contributed by atoms with Gasteiger partial charge in [0, 0.05) is 16.8 Å². The van der Waals surface area contributed by atoms with Gasteiger partial charge in [0.15, 0.2) is 0 Å². The topological polar surface area (TPSA) is 52.0 Å². The first kappa shape index (κ1) is 9.10. The molecule has 64 valence electrons. The monoisotopic (exact) mass is 182 g/mol. The molecule has 1 aromatic rings. The van der Waals surface area contributed by atoms with Gasteiger partial charge >= 0.3 is 0 Å². The fourth-order valence-electron chi connectivity index (χ4n) is 0.961. The molecule has 2 nitrogen and oxygen atoms in total. The lowest BCUT2D eigenvalue weighted by atomic mass is 10.1. The first-order valence-electron chi connectivity index (χ1n) is 3.58. The van der Waals surface area contributed by atoms with Gasteiger partial charge in [0.2, 0.25) is 0 Å². The molecule has 0 aliphatic carbocycles. The highest BCUT2D eigenvalue weighted by atomic mass is 35.5. The number of benzene rings is 1. The van der Waals surface area contributed by atoms with Crippen LogP contribution in [0, 0.1) is 0 Å². The maximum Gasteiger partial charge on any atom is 0.0499 e. The van der Waals surface area contributed by atoms with E-state index in [1.54, 1.807) is 24.3 Å². The van der Waals surface area contributed by atoms with E-state index in [1.165, 1.54) is 0 Å². The SMILES string of the molecule is C=C[C@H](N)c1cc(Cl)ccc1N. The van der Waals surface area contributed by atoms with Gasteiger partial charge in [-0.25, -0.2) is 0 Å². The number of hydrogen-bond donors (Lipinski definition) is 2. The highest BCUT2D eigenvalue weighted by Crippen LogP contribution is 2.23. The molecule has 3 heteroatoms. The minimum absolute atomic E-state index is 0.247. The first-order chi connectivity index (χ1) is 5.65. The molecule has 1 rings (SSSR count). The molecule has 0 aliphatic rings. The summed E-state index contributed by atoms with van der Waals surface area (Å²) in [4.78, 5) is 0. The summed E-state index contributed by atoms with van der Waals surface area (Å²) < 4.78 is 0. The van der Waals surface area contributed by atoms with E-state index in [2.05, 4.69) is 6.58 Å². The fraction of sp³-hybridized carbons (Fsp3) is 0.111. The van der Waals surface area contributed by atoms with Crippen molar-refractivity contribution in [3.8, 4) is 0 Å². The van der Waals surface area contributed by atoms with Gasteiger partial charge in [0.1, 0.15) is 0 Å². The smallest absolute Gasteiger partial charge is 0.0499 e. The molecule has 0 radical (unpaired) electrons. The molecular weight excluding hydrogens is 172 g/mol. The Hall–Kier alpha value is -0.990. The zero-order valence-corrected chi connectivity index (χ0v) is 7.38. The average Bonchev–Trinajstić information content (AvgIpc) is 2.08. The molecule has 0 heterocycles. The Morgan fingerprint density at radius 2 is 2.17 bits per heavy atom. The quantitative estimate of drug-likeness (QED) is 0.544. The van der Waals surface area contributed by atoms with Gasteiger partial charge in [-0.05, 0) is 23.8 Å². The van der Waals surface area contributed by atoms with Crippen molar-refractivity contribution in [2.45, 2.75) is 6.04 Å². The van der Waals surface area contributed by atoms with Crippen LogP contribution in [-0.2, 0) is 0 Å². The number of halogens is 1.